The van der Waals surface area contributed by atoms with Crippen molar-refractivity contribution < 1.29 is 19.8 Å². The Bertz CT molecular complexity index is 77.1. The molecule has 0 aromatic carbocycles. The molecule has 0 radical (unpaired) electrons. The maximum atomic E-state index is 9.00. The quantitative estimate of drug-likeness (QED) is 0.319. The second kappa shape index (κ2) is 33.0. The molecule has 0 aromatic heterocycles. The lowest BCUT2D eigenvalue weighted by atomic mass is 10.9. The molecule has 0 aliphatic heterocycles. The highest BCUT2D eigenvalue weighted by Crippen LogP contribution is 1.42. The Labute approximate surface area is 71.3 Å². The van der Waals surface area contributed by atoms with Crippen molar-refractivity contribution >= 4 is 11.9 Å². The van der Waals surface area contributed by atoms with Gasteiger partial charge in [0.1, 0.15) is 0 Å². The Morgan fingerprint density at radius 1 is 0.750 bits per heavy atom. The van der Waals surface area contributed by atoms with Crippen LogP contribution in [0.1, 0.15) is 13.8 Å². The predicted molar refractivity (Wildman–Crippen MR) is 46.7 cm³/mol. The highest BCUT2D eigenvalue weighted by atomic mass is 16.4. The standard InChI is InChI=1S/2C2H4O2.4H3N/c2*1-2(3)4;;;;/h2*1H3,(H,3,4);4*1H3. The van der Waals surface area contributed by atoms with Crippen LogP contribution in [-0.4, -0.2) is 22.2 Å². The summed E-state index contributed by atoms with van der Waals surface area (Å²) in [4.78, 5) is 18.0. The van der Waals surface area contributed by atoms with Crippen LogP contribution in [0.4, 0.5) is 0 Å². The van der Waals surface area contributed by atoms with E-state index in [1.165, 1.54) is 0 Å². The average Bonchev–Trinajstić information content (AvgIpc) is 1.25. The molecule has 0 bridgehead atoms. The molecule has 8 nitrogen and oxygen atoms in total. The molecule has 0 aliphatic carbocycles. The smallest absolute Gasteiger partial charge is 0.300 e. The van der Waals surface area contributed by atoms with Gasteiger partial charge >= 0.3 is 0 Å². The van der Waals surface area contributed by atoms with Crippen molar-refractivity contribution in [2.45, 2.75) is 13.8 Å². The molecule has 0 amide bonds. The van der Waals surface area contributed by atoms with Gasteiger partial charge in [-0.3, -0.25) is 9.59 Å². The zero-order valence-corrected chi connectivity index (χ0v) is 7.54. The van der Waals surface area contributed by atoms with Gasteiger partial charge in [0, 0.05) is 13.8 Å². The van der Waals surface area contributed by atoms with Gasteiger partial charge in [0.2, 0.25) is 0 Å². The topological polar surface area (TPSA) is 215 Å². The molecule has 14 N–H and O–H groups in total. The minimum Gasteiger partial charge on any atom is -0.481 e. The lowest BCUT2D eigenvalue weighted by Gasteiger charge is -1.59. The van der Waals surface area contributed by atoms with E-state index in [1.54, 1.807) is 0 Å². The summed E-state index contributed by atoms with van der Waals surface area (Å²) in [6.07, 6.45) is 0. The number of carbonyl (C=O) groups is 2. The lowest BCUT2D eigenvalue weighted by molar-refractivity contribution is -0.135. The van der Waals surface area contributed by atoms with E-state index in [1.807, 2.05) is 0 Å². The Hall–Kier alpha value is -1.22. The molecule has 0 heterocycles. The molecule has 0 spiro atoms. The van der Waals surface area contributed by atoms with Crippen molar-refractivity contribution in [2.75, 3.05) is 0 Å². The fourth-order valence-corrected chi connectivity index (χ4v) is 0. The van der Waals surface area contributed by atoms with Crippen molar-refractivity contribution in [1.82, 2.24) is 24.6 Å². The summed E-state index contributed by atoms with van der Waals surface area (Å²) < 4.78 is 0. The van der Waals surface area contributed by atoms with Crippen LogP contribution in [0.15, 0.2) is 0 Å². The van der Waals surface area contributed by atoms with Gasteiger partial charge in [0.25, 0.3) is 11.9 Å². The molecule has 0 atom stereocenters. The fraction of sp³-hybridized carbons (Fsp3) is 0.500. The van der Waals surface area contributed by atoms with E-state index in [-0.39, 0.29) is 24.6 Å². The molecule has 8 heteroatoms. The van der Waals surface area contributed by atoms with E-state index < -0.39 is 11.9 Å². The summed E-state index contributed by atoms with van der Waals surface area (Å²) >= 11 is 0. The first-order valence-electron chi connectivity index (χ1n) is 1.86. The zero-order chi connectivity index (χ0) is 7.15. The van der Waals surface area contributed by atoms with Gasteiger partial charge in [0.15, 0.2) is 0 Å². The second-order valence-electron chi connectivity index (χ2n) is 1.04. The summed E-state index contributed by atoms with van der Waals surface area (Å²) in [7, 11) is 0. The van der Waals surface area contributed by atoms with Crippen LogP contribution >= 0.6 is 0 Å². The number of hydrogen-bond donors (Lipinski definition) is 6. The Kier molecular flexibility index (Phi) is 124. The van der Waals surface area contributed by atoms with Crippen LogP contribution in [0.3, 0.4) is 0 Å². The third-order valence-electron chi connectivity index (χ3n) is 0. The highest BCUT2D eigenvalue weighted by Gasteiger charge is 1.65. The summed E-state index contributed by atoms with van der Waals surface area (Å²) in [5.74, 6) is -1.67. The van der Waals surface area contributed by atoms with Gasteiger partial charge in [-0.15, -0.1) is 0 Å². The first kappa shape index (κ1) is 45.1. The Morgan fingerprint density at radius 2 is 0.750 bits per heavy atom. The number of carboxylic acid groups (broad SMARTS) is 2. The zero-order valence-electron chi connectivity index (χ0n) is 7.54. The summed E-state index contributed by atoms with van der Waals surface area (Å²) in [6.45, 7) is 2.17. The molecule has 0 aromatic rings. The van der Waals surface area contributed by atoms with Crippen molar-refractivity contribution in [3.63, 3.8) is 0 Å². The molecule has 0 saturated heterocycles. The Morgan fingerprint density at radius 3 is 0.750 bits per heavy atom. The SMILES string of the molecule is CC(=O)O.CC(=O)O.N.N.N.N. The highest BCUT2D eigenvalue weighted by molar-refractivity contribution is 5.63. The Balaban J connectivity index is -0.0000000112. The summed E-state index contributed by atoms with van der Waals surface area (Å²) in [5, 5.41) is 14.8. The van der Waals surface area contributed by atoms with Crippen molar-refractivity contribution in [2.24, 2.45) is 0 Å². The van der Waals surface area contributed by atoms with Crippen LogP contribution in [0.5, 0.6) is 0 Å². The molecule has 80 valence electrons. The van der Waals surface area contributed by atoms with E-state index in [0.717, 1.165) is 13.8 Å². The molecular weight excluding hydrogens is 168 g/mol. The predicted octanol–water partition coefficient (Wildman–Crippen LogP) is 0.830. The van der Waals surface area contributed by atoms with Gasteiger partial charge in [-0.05, 0) is 0 Å². The second-order valence-corrected chi connectivity index (χ2v) is 1.04. The molecule has 0 rings (SSSR count). The molecule has 12 heavy (non-hydrogen) atoms. The molecule has 0 unspecified atom stereocenters. The number of rotatable bonds is 0. The maximum absolute atomic E-state index is 9.00. The molecule has 0 aliphatic rings. The van der Waals surface area contributed by atoms with Gasteiger partial charge in [-0.25, -0.2) is 0 Å². The minimum atomic E-state index is -0.833. The maximum Gasteiger partial charge on any atom is 0.300 e. The average molecular weight is 188 g/mol. The van der Waals surface area contributed by atoms with Crippen molar-refractivity contribution in [1.29, 1.82) is 0 Å². The van der Waals surface area contributed by atoms with E-state index in [2.05, 4.69) is 0 Å². The van der Waals surface area contributed by atoms with Crippen molar-refractivity contribution in [3.05, 3.63) is 0 Å². The normalized spacial score (nSPS) is 4.17. The van der Waals surface area contributed by atoms with Crippen LogP contribution in [0, 0.1) is 0 Å². The van der Waals surface area contributed by atoms with Crippen LogP contribution in [-0.2, 0) is 9.59 Å². The van der Waals surface area contributed by atoms with E-state index >= 15 is 0 Å². The summed E-state index contributed by atoms with van der Waals surface area (Å²) in [5.41, 5.74) is 0. The summed E-state index contributed by atoms with van der Waals surface area (Å²) in [6, 6.07) is 0. The largest absolute Gasteiger partial charge is 0.481 e. The van der Waals surface area contributed by atoms with Gasteiger partial charge in [-0.2, -0.15) is 0 Å². The molecular formula is C4H20N4O4. The third-order valence-corrected chi connectivity index (χ3v) is 0. The van der Waals surface area contributed by atoms with E-state index in [9.17, 15) is 0 Å². The van der Waals surface area contributed by atoms with E-state index in [4.69, 9.17) is 19.8 Å². The molecule has 0 fully saturated rings. The van der Waals surface area contributed by atoms with Crippen molar-refractivity contribution in [3.8, 4) is 0 Å². The van der Waals surface area contributed by atoms with Crippen LogP contribution in [0.25, 0.3) is 0 Å². The van der Waals surface area contributed by atoms with Crippen LogP contribution in [0.2, 0.25) is 0 Å². The van der Waals surface area contributed by atoms with Gasteiger partial charge in [-0.1, -0.05) is 0 Å². The first-order chi connectivity index (χ1) is 3.46. The minimum absolute atomic E-state index is 0. The number of aliphatic carboxylic acids is 2. The third kappa shape index (κ3) is 357. The van der Waals surface area contributed by atoms with E-state index in [0.29, 0.717) is 0 Å². The van der Waals surface area contributed by atoms with Gasteiger partial charge in [0.05, 0.1) is 0 Å². The lowest BCUT2D eigenvalue weighted by Crippen LogP contribution is -1.78. The first-order valence-corrected chi connectivity index (χ1v) is 1.86. The molecule has 0 saturated carbocycles. The van der Waals surface area contributed by atoms with Gasteiger partial charge < -0.3 is 34.8 Å². The van der Waals surface area contributed by atoms with Crippen LogP contribution < -0.4 is 24.6 Å². The fourth-order valence-electron chi connectivity index (χ4n) is 0. The number of carboxylic acids is 2. The monoisotopic (exact) mass is 188 g/mol. The number of hydrogen-bond acceptors (Lipinski definition) is 6.